The first-order valence-corrected chi connectivity index (χ1v) is 5.88. The molecule has 16 heavy (non-hydrogen) atoms. The topological polar surface area (TPSA) is 17.1 Å². The fourth-order valence-corrected chi connectivity index (χ4v) is 2.57. The van der Waals surface area contributed by atoms with Crippen LogP contribution in [0.25, 0.3) is 6.08 Å². The van der Waals surface area contributed by atoms with Gasteiger partial charge in [-0.15, -0.1) is 0 Å². The Balaban J connectivity index is 1.98. The summed E-state index contributed by atoms with van der Waals surface area (Å²) in [6, 6.07) is 7.87. The van der Waals surface area contributed by atoms with Gasteiger partial charge in [-0.3, -0.25) is 4.79 Å². The molecule has 2 aliphatic rings. The summed E-state index contributed by atoms with van der Waals surface area (Å²) in [5, 5.41) is 0. The molecule has 0 saturated heterocycles. The summed E-state index contributed by atoms with van der Waals surface area (Å²) in [6.07, 6.45) is 9.93. The van der Waals surface area contributed by atoms with Gasteiger partial charge in [0.15, 0.2) is 5.78 Å². The Labute approximate surface area is 95.5 Å². The van der Waals surface area contributed by atoms with Gasteiger partial charge in [-0.25, -0.2) is 0 Å². The molecule has 0 aliphatic heterocycles. The van der Waals surface area contributed by atoms with Gasteiger partial charge in [0.2, 0.25) is 0 Å². The predicted molar refractivity (Wildman–Crippen MR) is 65.2 cm³/mol. The zero-order valence-electron chi connectivity index (χ0n) is 9.15. The molecule has 0 saturated carbocycles. The summed E-state index contributed by atoms with van der Waals surface area (Å²) < 4.78 is 0. The molecular weight excluding hydrogens is 196 g/mol. The quantitative estimate of drug-likeness (QED) is 0.647. The summed E-state index contributed by atoms with van der Waals surface area (Å²) in [7, 11) is 0. The second-order valence-electron chi connectivity index (χ2n) is 4.48. The predicted octanol–water partition coefficient (Wildman–Crippen LogP) is 3.62. The second-order valence-corrected chi connectivity index (χ2v) is 4.48. The third-order valence-electron chi connectivity index (χ3n) is 3.43. The third kappa shape index (κ3) is 1.44. The maximum absolute atomic E-state index is 12.2. The van der Waals surface area contributed by atoms with Crippen molar-refractivity contribution in [1.29, 1.82) is 0 Å². The molecule has 0 N–H and O–H groups in total. The molecule has 1 atom stereocenters. The third-order valence-corrected chi connectivity index (χ3v) is 3.43. The molecule has 3 rings (SSSR count). The zero-order chi connectivity index (χ0) is 11.0. The average Bonchev–Trinajstić information content (AvgIpc) is 2.69. The number of fused-ring (bicyclic) bond motifs is 1. The van der Waals surface area contributed by atoms with Gasteiger partial charge in [0.25, 0.3) is 0 Å². The van der Waals surface area contributed by atoms with Crippen LogP contribution in [0.1, 0.15) is 35.2 Å². The molecule has 0 spiro atoms. The van der Waals surface area contributed by atoms with Crippen LogP contribution in [0, 0.1) is 5.92 Å². The highest BCUT2D eigenvalue weighted by molar-refractivity contribution is 6.18. The fourth-order valence-electron chi connectivity index (χ4n) is 2.57. The number of hydrogen-bond acceptors (Lipinski definition) is 1. The van der Waals surface area contributed by atoms with Gasteiger partial charge in [-0.05, 0) is 30.9 Å². The molecule has 1 nitrogen and oxygen atoms in total. The van der Waals surface area contributed by atoms with Crippen LogP contribution < -0.4 is 0 Å². The van der Waals surface area contributed by atoms with Crippen molar-refractivity contribution < 1.29 is 4.79 Å². The second kappa shape index (κ2) is 3.75. The van der Waals surface area contributed by atoms with E-state index in [1.165, 1.54) is 6.42 Å². The van der Waals surface area contributed by atoms with E-state index in [1.807, 2.05) is 24.3 Å². The van der Waals surface area contributed by atoms with Gasteiger partial charge in [0, 0.05) is 17.1 Å². The maximum atomic E-state index is 12.2. The number of Topliss-reactive ketones (excluding diaryl/α,β-unsaturated/α-hetero) is 1. The minimum atomic E-state index is 0.229. The molecule has 1 heteroatoms. The molecule has 1 aromatic carbocycles. The highest BCUT2D eigenvalue weighted by atomic mass is 16.1. The monoisotopic (exact) mass is 210 g/mol. The number of benzene rings is 1. The van der Waals surface area contributed by atoms with Crippen molar-refractivity contribution in [2.75, 3.05) is 0 Å². The number of hydrogen-bond donors (Lipinski definition) is 0. The molecule has 0 radical (unpaired) electrons. The first kappa shape index (κ1) is 9.59. The van der Waals surface area contributed by atoms with Crippen LogP contribution in [0.2, 0.25) is 0 Å². The summed E-state index contributed by atoms with van der Waals surface area (Å²) in [4.78, 5) is 12.2. The number of rotatable bonds is 1. The maximum Gasteiger partial charge on any atom is 0.190 e. The van der Waals surface area contributed by atoms with Crippen molar-refractivity contribution >= 4 is 11.9 Å². The molecule has 0 bridgehead atoms. The molecule has 2 aliphatic carbocycles. The largest absolute Gasteiger partial charge is 0.289 e. The lowest BCUT2D eigenvalue weighted by atomic mass is 9.87. The first-order chi connectivity index (χ1) is 7.86. The summed E-state index contributed by atoms with van der Waals surface area (Å²) in [6.45, 7) is 0. The first-order valence-electron chi connectivity index (χ1n) is 5.88. The van der Waals surface area contributed by atoms with E-state index in [9.17, 15) is 4.79 Å². The minimum Gasteiger partial charge on any atom is -0.289 e. The molecule has 0 fully saturated rings. The van der Waals surface area contributed by atoms with Crippen LogP contribution in [-0.2, 0) is 0 Å². The van der Waals surface area contributed by atoms with E-state index in [0.29, 0.717) is 5.92 Å². The van der Waals surface area contributed by atoms with Gasteiger partial charge >= 0.3 is 0 Å². The summed E-state index contributed by atoms with van der Waals surface area (Å²) in [5.41, 5.74) is 2.94. The Kier molecular flexibility index (Phi) is 2.24. The van der Waals surface area contributed by atoms with E-state index < -0.39 is 0 Å². The van der Waals surface area contributed by atoms with Gasteiger partial charge in [0.1, 0.15) is 0 Å². The van der Waals surface area contributed by atoms with E-state index in [2.05, 4.69) is 18.2 Å². The number of allylic oxidation sites excluding steroid dienone is 3. The van der Waals surface area contributed by atoms with Crippen molar-refractivity contribution in [3.63, 3.8) is 0 Å². The van der Waals surface area contributed by atoms with Crippen LogP contribution in [0.3, 0.4) is 0 Å². The van der Waals surface area contributed by atoms with E-state index in [0.717, 1.165) is 29.5 Å². The molecule has 0 unspecified atom stereocenters. The van der Waals surface area contributed by atoms with E-state index in [1.54, 1.807) is 0 Å². The Morgan fingerprint density at radius 2 is 2.06 bits per heavy atom. The Bertz CT molecular complexity index is 494. The van der Waals surface area contributed by atoms with Crippen molar-refractivity contribution in [3.8, 4) is 0 Å². The van der Waals surface area contributed by atoms with Crippen LogP contribution >= 0.6 is 0 Å². The number of carbonyl (C=O) groups excluding carboxylic acids is 1. The molecular formula is C15H14O. The lowest BCUT2D eigenvalue weighted by molar-refractivity contribution is 0.102. The molecule has 0 aromatic heterocycles. The molecule has 80 valence electrons. The van der Waals surface area contributed by atoms with Crippen molar-refractivity contribution in [2.24, 2.45) is 5.92 Å². The van der Waals surface area contributed by atoms with Crippen molar-refractivity contribution in [1.82, 2.24) is 0 Å². The standard InChI is InChI=1S/C15H14O/c16-15-13-9-5-4-8-12(13)10-14(15)11-6-2-1-3-7-11/h2,4-6,8-11H,1,3,7H2/t11-/m1/s1. The molecule has 0 amide bonds. The number of carbonyl (C=O) groups is 1. The SMILES string of the molecule is O=C1C([C@@H]2C=CCCC2)=Cc2ccccc21. The minimum absolute atomic E-state index is 0.229. The van der Waals surface area contributed by atoms with Crippen LogP contribution in [0.15, 0.2) is 42.0 Å². The van der Waals surface area contributed by atoms with Gasteiger partial charge in [-0.1, -0.05) is 36.4 Å². The van der Waals surface area contributed by atoms with Crippen LogP contribution in [0.5, 0.6) is 0 Å². The smallest absolute Gasteiger partial charge is 0.190 e. The van der Waals surface area contributed by atoms with Crippen molar-refractivity contribution in [3.05, 3.63) is 53.1 Å². The Morgan fingerprint density at radius 1 is 1.19 bits per heavy atom. The summed E-state index contributed by atoms with van der Waals surface area (Å²) in [5.74, 6) is 0.570. The van der Waals surface area contributed by atoms with Gasteiger partial charge in [-0.2, -0.15) is 0 Å². The lowest BCUT2D eigenvalue weighted by Gasteiger charge is -2.16. The fraction of sp³-hybridized carbons (Fsp3) is 0.267. The Hall–Kier alpha value is -1.63. The molecule has 0 heterocycles. The van der Waals surface area contributed by atoms with Crippen LogP contribution in [-0.4, -0.2) is 5.78 Å². The van der Waals surface area contributed by atoms with E-state index in [4.69, 9.17) is 0 Å². The zero-order valence-corrected chi connectivity index (χ0v) is 9.15. The highest BCUT2D eigenvalue weighted by Crippen LogP contribution is 2.34. The normalized spacial score (nSPS) is 23.1. The van der Waals surface area contributed by atoms with Gasteiger partial charge < -0.3 is 0 Å². The Morgan fingerprint density at radius 3 is 2.81 bits per heavy atom. The average molecular weight is 210 g/mol. The lowest BCUT2D eigenvalue weighted by Crippen LogP contribution is -2.10. The van der Waals surface area contributed by atoms with E-state index >= 15 is 0 Å². The van der Waals surface area contributed by atoms with Gasteiger partial charge in [0.05, 0.1) is 0 Å². The van der Waals surface area contributed by atoms with E-state index in [-0.39, 0.29) is 5.78 Å². The highest BCUT2D eigenvalue weighted by Gasteiger charge is 2.27. The van der Waals surface area contributed by atoms with Crippen molar-refractivity contribution in [2.45, 2.75) is 19.3 Å². The number of ketones is 1. The summed E-state index contributed by atoms with van der Waals surface area (Å²) >= 11 is 0. The van der Waals surface area contributed by atoms with Crippen LogP contribution in [0.4, 0.5) is 0 Å². The molecule has 1 aromatic rings.